The number of carbonyl (C=O) groups is 2. The molecule has 2 heterocycles. The second-order valence-corrected chi connectivity index (χ2v) is 8.03. The van der Waals surface area contributed by atoms with Gasteiger partial charge < -0.3 is 4.90 Å². The molecule has 0 bridgehead atoms. The molecule has 6 nitrogen and oxygen atoms in total. The van der Waals surface area contributed by atoms with Crippen molar-refractivity contribution in [1.29, 1.82) is 0 Å². The summed E-state index contributed by atoms with van der Waals surface area (Å²) in [6, 6.07) is 2.26. The normalized spacial score (nSPS) is 21.0. The van der Waals surface area contributed by atoms with E-state index in [-0.39, 0.29) is 31.2 Å². The average molecular weight is 358 g/mol. The Balaban J connectivity index is 0.00000196. The summed E-state index contributed by atoms with van der Waals surface area (Å²) in [5, 5.41) is 2.56. The van der Waals surface area contributed by atoms with E-state index in [2.05, 4.69) is 34.7 Å². The Bertz CT molecular complexity index is 808. The van der Waals surface area contributed by atoms with Crippen molar-refractivity contribution >= 4 is 35.8 Å². The molecule has 2 saturated carbocycles. The predicted molar refractivity (Wildman–Crippen MR) is 101 cm³/mol. The predicted octanol–water partition coefficient (Wildman–Crippen LogP) is 2.68. The van der Waals surface area contributed by atoms with Crippen molar-refractivity contribution in [3.05, 3.63) is 34.2 Å². The third kappa shape index (κ3) is 2.93. The maximum absolute atomic E-state index is 12.9. The minimum Gasteiger partial charge on any atom is -0.328 e. The lowest BCUT2D eigenvalue weighted by molar-refractivity contribution is -0.120. The van der Waals surface area contributed by atoms with Gasteiger partial charge >= 0.3 is 0 Å². The van der Waals surface area contributed by atoms with Gasteiger partial charge in [0.15, 0.2) is 0 Å². The number of hydrogen-bond acceptors (Lipinski definition) is 4. The van der Waals surface area contributed by atoms with E-state index < -0.39 is 0 Å². The van der Waals surface area contributed by atoms with Crippen molar-refractivity contribution in [2.75, 3.05) is 13.1 Å². The van der Waals surface area contributed by atoms with Gasteiger partial charge in [-0.3, -0.25) is 14.9 Å². The first-order valence-corrected chi connectivity index (χ1v) is 9.27. The van der Waals surface area contributed by atoms with Gasteiger partial charge in [0.1, 0.15) is 6.54 Å². The molecule has 0 atom stereocenters. The third-order valence-electron chi connectivity index (χ3n) is 5.08. The topological polar surface area (TPSA) is 74.1 Å². The van der Waals surface area contributed by atoms with Crippen LogP contribution in [-0.2, 0) is 10.2 Å². The number of amides is 2. The summed E-state index contributed by atoms with van der Waals surface area (Å²) in [7, 11) is 0. The van der Waals surface area contributed by atoms with E-state index in [1.54, 1.807) is 16.2 Å². The van der Waals surface area contributed by atoms with Crippen molar-refractivity contribution < 1.29 is 11.0 Å². The highest BCUT2D eigenvalue weighted by atomic mass is 32.1. The van der Waals surface area contributed by atoms with Crippen molar-refractivity contribution in [3.8, 4) is 0 Å². The molecule has 1 N–H and O–H groups in total. The molecule has 132 valence electrons. The van der Waals surface area contributed by atoms with Gasteiger partial charge in [0.2, 0.25) is 11.9 Å². The smallest absolute Gasteiger partial charge is 0.264 e. The molecule has 2 amide bonds. The number of nitrogens with zero attached hydrogens (tertiary/aromatic N) is 3. The summed E-state index contributed by atoms with van der Waals surface area (Å²) >= 11 is 1.63. The van der Waals surface area contributed by atoms with Gasteiger partial charge in [0.25, 0.3) is 5.91 Å². The maximum atomic E-state index is 12.9. The summed E-state index contributed by atoms with van der Waals surface area (Å²) in [5.74, 6) is 0.388. The second-order valence-electron chi connectivity index (χ2n) is 6.95. The molecule has 7 heteroatoms. The van der Waals surface area contributed by atoms with E-state index in [1.807, 2.05) is 0 Å². The van der Waals surface area contributed by atoms with Gasteiger partial charge in [0.05, 0.1) is 4.88 Å². The highest BCUT2D eigenvalue weighted by molar-refractivity contribution is 7.14. The van der Waals surface area contributed by atoms with Crippen LogP contribution in [0.5, 0.6) is 0 Å². The largest absolute Gasteiger partial charge is 0.328 e. The Morgan fingerprint density at radius 1 is 1.52 bits per heavy atom. The van der Waals surface area contributed by atoms with E-state index in [0.717, 1.165) is 17.7 Å². The molecular formula is C18H22N4O2S. The lowest BCUT2D eigenvalue weighted by atomic mass is 9.91. The summed E-state index contributed by atoms with van der Waals surface area (Å²) in [6.07, 6.45) is 5.92. The van der Waals surface area contributed by atoms with E-state index in [4.69, 9.17) is 0 Å². The lowest BCUT2D eigenvalue weighted by Gasteiger charge is -2.32. The standard InChI is InChI=1S/C18H20N4O2S.H2/c1-3-20-17(19-2)21-14(23)9-22-10-18(6-7-18)12-8-13(11-4-5-11)25-15(12)16(22)24;/h3,8,11H,1-2,4-7,9-10H2,(H,20,21,23);1H. The quantitative estimate of drug-likeness (QED) is 0.664. The molecule has 1 aromatic heterocycles. The maximum Gasteiger partial charge on any atom is 0.264 e. The Hall–Kier alpha value is -2.28. The van der Waals surface area contributed by atoms with E-state index >= 15 is 0 Å². The molecule has 3 aliphatic rings. The number of fused-ring (bicyclic) bond motifs is 2. The Labute approximate surface area is 151 Å². The minimum atomic E-state index is -0.320. The summed E-state index contributed by atoms with van der Waals surface area (Å²) < 4.78 is 0. The van der Waals surface area contributed by atoms with Crippen LogP contribution in [0.1, 0.15) is 53.1 Å². The highest BCUT2D eigenvalue weighted by Gasteiger charge is 2.53. The number of rotatable bonds is 4. The average Bonchev–Trinajstić information content (AvgIpc) is 3.52. The van der Waals surface area contributed by atoms with Crippen molar-refractivity contribution in [1.82, 2.24) is 10.2 Å². The number of thiophene rings is 1. The Morgan fingerprint density at radius 2 is 2.28 bits per heavy atom. The molecule has 2 aliphatic carbocycles. The molecule has 0 radical (unpaired) electrons. The Morgan fingerprint density at radius 3 is 2.88 bits per heavy atom. The molecule has 25 heavy (non-hydrogen) atoms. The fourth-order valence-electron chi connectivity index (χ4n) is 3.44. The zero-order valence-electron chi connectivity index (χ0n) is 14.0. The van der Waals surface area contributed by atoms with Gasteiger partial charge in [0, 0.05) is 24.5 Å². The monoisotopic (exact) mass is 358 g/mol. The van der Waals surface area contributed by atoms with E-state index in [0.29, 0.717) is 12.5 Å². The van der Waals surface area contributed by atoms with Crippen LogP contribution in [0.3, 0.4) is 0 Å². The SMILES string of the molecule is C=CN=C(N=C)NC(=O)CN1CC2(CC2)c2cc(C3CC3)sc2C1=O.[HH]. The summed E-state index contributed by atoms with van der Waals surface area (Å²) in [6.45, 7) is 7.44. The first kappa shape index (κ1) is 16.2. The van der Waals surface area contributed by atoms with Gasteiger partial charge in [-0.25, -0.2) is 9.98 Å². The fraction of sp³-hybridized carbons (Fsp3) is 0.444. The molecule has 0 aromatic carbocycles. The van der Waals surface area contributed by atoms with Crippen LogP contribution in [0.2, 0.25) is 0 Å². The number of guanidine groups is 1. The molecule has 2 fully saturated rings. The molecule has 1 aliphatic heterocycles. The lowest BCUT2D eigenvalue weighted by Crippen LogP contribution is -2.48. The molecule has 0 saturated heterocycles. The first-order valence-electron chi connectivity index (χ1n) is 8.45. The van der Waals surface area contributed by atoms with Gasteiger partial charge in [-0.1, -0.05) is 6.58 Å². The molecule has 1 aromatic rings. The Kier molecular flexibility index (Phi) is 3.83. The van der Waals surface area contributed by atoms with Crippen molar-refractivity contribution in [2.24, 2.45) is 9.98 Å². The zero-order valence-corrected chi connectivity index (χ0v) is 14.8. The van der Waals surface area contributed by atoms with E-state index in [9.17, 15) is 9.59 Å². The van der Waals surface area contributed by atoms with Gasteiger partial charge in [-0.2, -0.15) is 0 Å². The third-order valence-corrected chi connectivity index (χ3v) is 6.37. The van der Waals surface area contributed by atoms with Crippen molar-refractivity contribution in [3.63, 3.8) is 0 Å². The van der Waals surface area contributed by atoms with Crippen LogP contribution in [0.25, 0.3) is 0 Å². The molecular weight excluding hydrogens is 336 g/mol. The van der Waals surface area contributed by atoms with Crippen LogP contribution < -0.4 is 5.32 Å². The number of hydrogen-bond donors (Lipinski definition) is 1. The summed E-state index contributed by atoms with van der Waals surface area (Å²) in [5.41, 5.74) is 1.30. The molecule has 1 spiro atoms. The van der Waals surface area contributed by atoms with Crippen LogP contribution >= 0.6 is 11.3 Å². The fourth-order valence-corrected chi connectivity index (χ4v) is 4.86. The summed E-state index contributed by atoms with van der Waals surface area (Å²) in [4.78, 5) is 36.4. The van der Waals surface area contributed by atoms with Gasteiger partial charge in [-0.15, -0.1) is 11.3 Å². The van der Waals surface area contributed by atoms with Crippen molar-refractivity contribution in [2.45, 2.75) is 37.0 Å². The van der Waals surface area contributed by atoms with Crippen LogP contribution in [0, 0.1) is 0 Å². The molecule has 0 unspecified atom stereocenters. The van der Waals surface area contributed by atoms with Crippen LogP contribution in [0.15, 0.2) is 28.8 Å². The zero-order chi connectivity index (χ0) is 17.6. The number of aliphatic imine (C=N–C) groups is 2. The van der Waals surface area contributed by atoms with E-state index in [1.165, 1.54) is 29.5 Å². The minimum absolute atomic E-state index is 0. The second kappa shape index (κ2) is 5.91. The molecule has 4 rings (SSSR count). The van der Waals surface area contributed by atoms with Gasteiger partial charge in [-0.05, 0) is 49.9 Å². The first-order chi connectivity index (χ1) is 12.1. The number of nitrogens with one attached hydrogen (secondary N) is 1. The number of carbonyl (C=O) groups excluding carboxylic acids is 2. The van der Waals surface area contributed by atoms with Crippen LogP contribution in [-0.4, -0.2) is 42.5 Å². The van der Waals surface area contributed by atoms with Crippen LogP contribution in [0.4, 0.5) is 0 Å². The highest BCUT2D eigenvalue weighted by Crippen LogP contribution is 2.56.